The van der Waals surface area contributed by atoms with Crippen LogP contribution in [0.15, 0.2) is 30.3 Å². The van der Waals surface area contributed by atoms with E-state index in [4.69, 9.17) is 4.98 Å². The lowest BCUT2D eigenvalue weighted by molar-refractivity contribution is 0.496. The molecule has 0 radical (unpaired) electrons. The molecule has 0 spiro atoms. The van der Waals surface area contributed by atoms with E-state index in [1.165, 1.54) is 64.7 Å². The largest absolute Gasteiger partial charge is 0.242 e. The number of pyridine rings is 1. The first-order valence-electron chi connectivity index (χ1n) is 9.72. The number of benzene rings is 1. The summed E-state index contributed by atoms with van der Waals surface area (Å²) in [6.45, 7) is 4.79. The van der Waals surface area contributed by atoms with Crippen LogP contribution in [0.3, 0.4) is 0 Å². The minimum absolute atomic E-state index is 0.767. The average molecular weight is 348 g/mol. The molecule has 2 aliphatic carbocycles. The van der Waals surface area contributed by atoms with Crippen LogP contribution in [0.4, 0.5) is 0 Å². The lowest BCUT2D eigenvalue weighted by Crippen LogP contribution is -2.15. The van der Waals surface area contributed by atoms with E-state index >= 15 is 0 Å². The van der Waals surface area contributed by atoms with Crippen molar-refractivity contribution in [1.29, 1.82) is 0 Å². The standard InChI is InChI=1S/C23H25NS/c1-14-9-11-19-18(12-14)21(16-6-4-3-5-7-16)22-17-10-8-15(2)13-20(17)25-23(22)24-19/h3-7,14-15H,8-13H2,1-2H3/t14-,15-/m1/s1. The van der Waals surface area contributed by atoms with Gasteiger partial charge in [0, 0.05) is 16.0 Å². The summed E-state index contributed by atoms with van der Waals surface area (Å²) in [5.74, 6) is 1.58. The fourth-order valence-corrected chi connectivity index (χ4v) is 6.15. The van der Waals surface area contributed by atoms with Crippen molar-refractivity contribution in [3.63, 3.8) is 0 Å². The lowest BCUT2D eigenvalue weighted by atomic mass is 9.81. The monoisotopic (exact) mass is 347 g/mol. The second kappa shape index (κ2) is 5.95. The van der Waals surface area contributed by atoms with Crippen molar-refractivity contribution in [2.24, 2.45) is 11.8 Å². The Labute approximate surface area is 154 Å². The second-order valence-electron chi connectivity index (χ2n) is 8.16. The van der Waals surface area contributed by atoms with E-state index in [2.05, 4.69) is 44.2 Å². The maximum absolute atomic E-state index is 5.18. The highest BCUT2D eigenvalue weighted by Gasteiger charge is 2.28. The Balaban J connectivity index is 1.85. The number of aromatic nitrogens is 1. The van der Waals surface area contributed by atoms with Gasteiger partial charge in [-0.3, -0.25) is 0 Å². The highest BCUT2D eigenvalue weighted by atomic mass is 32.1. The molecular weight excluding hydrogens is 322 g/mol. The van der Waals surface area contributed by atoms with Crippen LogP contribution in [0.25, 0.3) is 21.3 Å². The summed E-state index contributed by atoms with van der Waals surface area (Å²) in [6, 6.07) is 11.1. The molecule has 0 N–H and O–H groups in total. The van der Waals surface area contributed by atoms with Crippen molar-refractivity contribution < 1.29 is 0 Å². The van der Waals surface area contributed by atoms with Gasteiger partial charge in [-0.1, -0.05) is 44.2 Å². The molecule has 2 heteroatoms. The summed E-state index contributed by atoms with van der Waals surface area (Å²) in [5, 5.41) is 1.49. The van der Waals surface area contributed by atoms with E-state index in [-0.39, 0.29) is 0 Å². The molecule has 5 rings (SSSR count). The zero-order chi connectivity index (χ0) is 17.0. The van der Waals surface area contributed by atoms with Crippen molar-refractivity contribution in [3.8, 4) is 11.1 Å². The third-order valence-corrected chi connectivity index (χ3v) is 7.27. The van der Waals surface area contributed by atoms with Crippen molar-refractivity contribution in [1.82, 2.24) is 4.98 Å². The van der Waals surface area contributed by atoms with E-state index in [0.717, 1.165) is 18.3 Å². The first-order chi connectivity index (χ1) is 12.2. The van der Waals surface area contributed by atoms with Gasteiger partial charge in [-0.15, -0.1) is 11.3 Å². The predicted molar refractivity (Wildman–Crippen MR) is 107 cm³/mol. The fourth-order valence-electron chi connectivity index (χ4n) is 4.74. The summed E-state index contributed by atoms with van der Waals surface area (Å²) in [5.41, 5.74) is 7.43. The van der Waals surface area contributed by atoms with Crippen molar-refractivity contribution in [2.75, 3.05) is 0 Å². The number of rotatable bonds is 1. The lowest BCUT2D eigenvalue weighted by Gasteiger charge is -2.25. The maximum atomic E-state index is 5.18. The molecule has 1 aromatic carbocycles. The third-order valence-electron chi connectivity index (χ3n) is 6.12. The Morgan fingerprint density at radius 3 is 2.52 bits per heavy atom. The van der Waals surface area contributed by atoms with Gasteiger partial charge in [0.05, 0.1) is 0 Å². The molecule has 0 unspecified atom stereocenters. The average Bonchev–Trinajstić information content (AvgIpc) is 2.97. The fraction of sp³-hybridized carbons (Fsp3) is 0.435. The topological polar surface area (TPSA) is 12.9 Å². The Morgan fingerprint density at radius 1 is 0.920 bits per heavy atom. The van der Waals surface area contributed by atoms with E-state index in [1.54, 1.807) is 10.4 Å². The highest BCUT2D eigenvalue weighted by Crippen LogP contribution is 2.45. The van der Waals surface area contributed by atoms with Crippen molar-refractivity contribution in [2.45, 2.75) is 52.4 Å². The molecule has 0 bridgehead atoms. The SMILES string of the molecule is C[C@@H]1CCc2c(sc3nc4c(c(-c5ccccc5)c23)C[C@H](C)CC4)C1. The molecule has 2 atom stereocenters. The Morgan fingerprint density at radius 2 is 1.68 bits per heavy atom. The number of fused-ring (bicyclic) bond motifs is 4. The van der Waals surface area contributed by atoms with Gasteiger partial charge in [-0.2, -0.15) is 0 Å². The minimum atomic E-state index is 0.767. The summed E-state index contributed by atoms with van der Waals surface area (Å²) in [6.07, 6.45) is 7.40. The zero-order valence-electron chi connectivity index (χ0n) is 15.1. The molecule has 0 saturated carbocycles. The molecule has 2 aliphatic rings. The first kappa shape index (κ1) is 15.6. The van der Waals surface area contributed by atoms with E-state index in [1.807, 2.05) is 11.3 Å². The molecule has 0 aliphatic heterocycles. The Bertz CT molecular complexity index is 938. The molecule has 2 heterocycles. The minimum Gasteiger partial charge on any atom is -0.242 e. The van der Waals surface area contributed by atoms with Crippen LogP contribution in [0.2, 0.25) is 0 Å². The summed E-state index contributed by atoms with van der Waals surface area (Å²) < 4.78 is 0. The van der Waals surface area contributed by atoms with Crippen LogP contribution in [0.5, 0.6) is 0 Å². The smallest absolute Gasteiger partial charge is 0.124 e. The number of hydrogen-bond donors (Lipinski definition) is 0. The first-order valence-corrected chi connectivity index (χ1v) is 10.5. The molecule has 1 nitrogen and oxygen atoms in total. The molecule has 25 heavy (non-hydrogen) atoms. The van der Waals surface area contributed by atoms with Gasteiger partial charge in [-0.05, 0) is 72.6 Å². The summed E-state index contributed by atoms with van der Waals surface area (Å²) in [7, 11) is 0. The Kier molecular flexibility index (Phi) is 3.71. The van der Waals surface area contributed by atoms with E-state index < -0.39 is 0 Å². The highest BCUT2D eigenvalue weighted by molar-refractivity contribution is 7.19. The van der Waals surface area contributed by atoms with Crippen molar-refractivity contribution >= 4 is 21.6 Å². The molecule has 3 aromatic rings. The van der Waals surface area contributed by atoms with Crippen LogP contribution in [-0.4, -0.2) is 4.98 Å². The van der Waals surface area contributed by atoms with Crippen molar-refractivity contribution in [3.05, 3.63) is 52.0 Å². The van der Waals surface area contributed by atoms with Gasteiger partial charge in [0.25, 0.3) is 0 Å². The number of thiophene rings is 1. The number of hydrogen-bond acceptors (Lipinski definition) is 2. The van der Waals surface area contributed by atoms with Crippen LogP contribution in [0, 0.1) is 11.8 Å². The van der Waals surface area contributed by atoms with Crippen LogP contribution >= 0.6 is 11.3 Å². The van der Waals surface area contributed by atoms with Crippen LogP contribution < -0.4 is 0 Å². The van der Waals surface area contributed by atoms with E-state index in [0.29, 0.717) is 0 Å². The summed E-state index contributed by atoms with van der Waals surface area (Å²) >= 11 is 1.97. The molecular formula is C23H25NS. The molecule has 0 amide bonds. The number of aryl methyl sites for hydroxylation is 2. The molecule has 0 saturated heterocycles. The van der Waals surface area contributed by atoms with Gasteiger partial charge < -0.3 is 0 Å². The predicted octanol–water partition coefficient (Wildman–Crippen LogP) is 6.21. The number of nitrogens with zero attached hydrogens (tertiary/aromatic N) is 1. The molecule has 2 aromatic heterocycles. The summed E-state index contributed by atoms with van der Waals surface area (Å²) in [4.78, 5) is 8.09. The normalized spacial score (nSPS) is 22.6. The van der Waals surface area contributed by atoms with Gasteiger partial charge >= 0.3 is 0 Å². The third kappa shape index (κ3) is 2.54. The van der Waals surface area contributed by atoms with E-state index in [9.17, 15) is 0 Å². The molecule has 128 valence electrons. The van der Waals surface area contributed by atoms with Gasteiger partial charge in [0.15, 0.2) is 0 Å². The second-order valence-corrected chi connectivity index (χ2v) is 9.24. The molecule has 0 fully saturated rings. The van der Waals surface area contributed by atoms with Crippen LogP contribution in [0.1, 0.15) is 48.4 Å². The zero-order valence-corrected chi connectivity index (χ0v) is 16.0. The maximum Gasteiger partial charge on any atom is 0.124 e. The van der Waals surface area contributed by atoms with Crippen LogP contribution in [-0.2, 0) is 25.7 Å². The van der Waals surface area contributed by atoms with Gasteiger partial charge in [0.1, 0.15) is 4.83 Å². The Hall–Kier alpha value is -1.67. The quantitative estimate of drug-likeness (QED) is 0.510. The van der Waals surface area contributed by atoms with Gasteiger partial charge in [0.2, 0.25) is 0 Å². The van der Waals surface area contributed by atoms with Gasteiger partial charge in [-0.25, -0.2) is 4.98 Å².